The summed E-state index contributed by atoms with van der Waals surface area (Å²) in [5.74, 6) is -1.03. The van der Waals surface area contributed by atoms with Gasteiger partial charge in [-0.1, -0.05) is 26.0 Å². The molecule has 1 heterocycles. The fourth-order valence-corrected chi connectivity index (χ4v) is 3.06. The maximum atomic E-state index is 12.2. The van der Waals surface area contributed by atoms with Crippen molar-refractivity contribution < 1.29 is 33.3 Å². The van der Waals surface area contributed by atoms with Gasteiger partial charge in [-0.3, -0.25) is 9.59 Å². The molecule has 0 aromatic carbocycles. The first-order valence-corrected chi connectivity index (χ1v) is 10.1. The average molecular weight is 414 g/mol. The van der Waals surface area contributed by atoms with Crippen LogP contribution in [0.15, 0.2) is 12.2 Å². The lowest BCUT2D eigenvalue weighted by Gasteiger charge is -2.23. The maximum absolute atomic E-state index is 12.2. The molecular formula is C21H35NO7. The fraction of sp³-hybridized carbons (Fsp3) is 0.762. The number of hydrogen-bond acceptors (Lipinski definition) is 7. The number of methoxy groups -OCH3 is 2. The minimum Gasteiger partial charge on any atom is -0.463 e. The summed E-state index contributed by atoms with van der Waals surface area (Å²) < 4.78 is 21.5. The third-order valence-corrected chi connectivity index (χ3v) is 5.14. The Balaban J connectivity index is 2.82. The standard InChI is InChI=1S/C21H35NO7/c1-14-8-6-10-19(23)22-16(3)21(25)29-13-18(27-5)15(2)9-7-11-20(24)28-12-17(14)26-4/h6,8,14-18H,7,9-13H2,1-5H3,(H,22,23)/b8-6+/t14-,15+,16+,17-,18+/m0/s1. The second-order valence-electron chi connectivity index (χ2n) is 7.51. The van der Waals surface area contributed by atoms with Gasteiger partial charge < -0.3 is 24.3 Å². The molecule has 0 saturated heterocycles. The average Bonchev–Trinajstić information content (AvgIpc) is 2.67. The van der Waals surface area contributed by atoms with Crippen LogP contribution in [0.4, 0.5) is 0 Å². The Morgan fingerprint density at radius 3 is 2.31 bits per heavy atom. The fourth-order valence-electron chi connectivity index (χ4n) is 3.06. The summed E-state index contributed by atoms with van der Waals surface area (Å²) in [5, 5.41) is 2.63. The first-order valence-electron chi connectivity index (χ1n) is 10.1. The summed E-state index contributed by atoms with van der Waals surface area (Å²) in [4.78, 5) is 36.2. The van der Waals surface area contributed by atoms with Crippen molar-refractivity contribution in [3.63, 3.8) is 0 Å². The summed E-state index contributed by atoms with van der Waals surface area (Å²) in [6.45, 7) is 5.74. The van der Waals surface area contributed by atoms with Crippen molar-refractivity contribution in [1.29, 1.82) is 0 Å². The zero-order valence-electron chi connectivity index (χ0n) is 18.1. The predicted molar refractivity (Wildman–Crippen MR) is 107 cm³/mol. The van der Waals surface area contributed by atoms with Crippen LogP contribution in [-0.2, 0) is 33.3 Å². The molecule has 8 nitrogen and oxygen atoms in total. The summed E-state index contributed by atoms with van der Waals surface area (Å²) in [5.41, 5.74) is 0. The Morgan fingerprint density at radius 2 is 1.66 bits per heavy atom. The highest BCUT2D eigenvalue weighted by atomic mass is 16.6. The molecule has 0 spiro atoms. The monoisotopic (exact) mass is 413 g/mol. The lowest BCUT2D eigenvalue weighted by molar-refractivity contribution is -0.151. The second-order valence-corrected chi connectivity index (χ2v) is 7.51. The molecule has 1 aliphatic heterocycles. The number of amides is 1. The normalized spacial score (nSPS) is 32.7. The molecule has 0 aromatic heterocycles. The van der Waals surface area contributed by atoms with Crippen LogP contribution in [0.3, 0.4) is 0 Å². The highest BCUT2D eigenvalue weighted by molar-refractivity contribution is 5.84. The number of cyclic esters (lactones) is 2. The van der Waals surface area contributed by atoms with Gasteiger partial charge in [0.2, 0.25) is 5.91 Å². The largest absolute Gasteiger partial charge is 0.463 e. The van der Waals surface area contributed by atoms with E-state index in [1.54, 1.807) is 27.2 Å². The van der Waals surface area contributed by atoms with Gasteiger partial charge >= 0.3 is 11.9 Å². The van der Waals surface area contributed by atoms with Crippen molar-refractivity contribution in [2.24, 2.45) is 11.8 Å². The molecule has 0 saturated carbocycles. The van der Waals surface area contributed by atoms with Crippen LogP contribution in [-0.4, -0.2) is 63.5 Å². The van der Waals surface area contributed by atoms with Crippen LogP contribution in [0.2, 0.25) is 0 Å². The van der Waals surface area contributed by atoms with Crippen molar-refractivity contribution in [1.82, 2.24) is 5.32 Å². The number of hydrogen-bond donors (Lipinski definition) is 1. The number of rotatable bonds is 2. The van der Waals surface area contributed by atoms with E-state index < -0.39 is 12.0 Å². The molecular weight excluding hydrogens is 378 g/mol. The van der Waals surface area contributed by atoms with Crippen molar-refractivity contribution >= 4 is 17.8 Å². The van der Waals surface area contributed by atoms with Crippen LogP contribution >= 0.6 is 0 Å². The lowest BCUT2D eigenvalue weighted by atomic mass is 9.98. The number of ether oxygens (including phenoxy) is 4. The molecule has 0 aliphatic carbocycles. The molecule has 0 bridgehead atoms. The van der Waals surface area contributed by atoms with Crippen LogP contribution < -0.4 is 5.32 Å². The Bertz CT molecular complexity index is 563. The van der Waals surface area contributed by atoms with Crippen molar-refractivity contribution in [2.75, 3.05) is 27.4 Å². The van der Waals surface area contributed by atoms with Crippen LogP contribution in [0.1, 0.15) is 46.5 Å². The van der Waals surface area contributed by atoms with E-state index in [9.17, 15) is 14.4 Å². The molecule has 0 radical (unpaired) electrons. The van der Waals surface area contributed by atoms with E-state index in [1.165, 1.54) is 0 Å². The minimum absolute atomic E-state index is 0.0486. The SMILES string of the molecule is CO[C@H]1COC(=O)CCC[C@@H](C)[C@H](OC)COC(=O)[C@@H](C)NC(=O)C/C=C/[C@@H]1C. The minimum atomic E-state index is -0.749. The van der Waals surface area contributed by atoms with E-state index in [-0.39, 0.29) is 55.6 Å². The summed E-state index contributed by atoms with van der Waals surface area (Å²) in [6.07, 6.45) is 4.75. The zero-order valence-corrected chi connectivity index (χ0v) is 18.1. The Hall–Kier alpha value is -1.93. The zero-order chi connectivity index (χ0) is 21.8. The molecule has 8 heteroatoms. The van der Waals surface area contributed by atoms with E-state index in [0.29, 0.717) is 12.8 Å². The van der Waals surface area contributed by atoms with Gasteiger partial charge in [-0.25, -0.2) is 4.79 Å². The van der Waals surface area contributed by atoms with Crippen molar-refractivity contribution in [3.8, 4) is 0 Å². The number of nitrogens with one attached hydrogen (secondary N) is 1. The molecule has 29 heavy (non-hydrogen) atoms. The Morgan fingerprint density at radius 1 is 1.00 bits per heavy atom. The van der Waals surface area contributed by atoms with Gasteiger partial charge in [-0.05, 0) is 25.7 Å². The van der Waals surface area contributed by atoms with E-state index in [1.807, 2.05) is 19.9 Å². The van der Waals surface area contributed by atoms with Gasteiger partial charge in [-0.2, -0.15) is 0 Å². The number of carbonyl (C=O) groups excluding carboxylic acids is 3. The van der Waals surface area contributed by atoms with Gasteiger partial charge in [0.1, 0.15) is 19.3 Å². The van der Waals surface area contributed by atoms with Crippen LogP contribution in [0.25, 0.3) is 0 Å². The molecule has 5 atom stereocenters. The quantitative estimate of drug-likeness (QED) is 0.546. The van der Waals surface area contributed by atoms with Gasteiger partial charge in [0.25, 0.3) is 0 Å². The van der Waals surface area contributed by atoms with Crippen molar-refractivity contribution in [3.05, 3.63) is 12.2 Å². The third kappa shape index (κ3) is 9.41. The van der Waals surface area contributed by atoms with E-state index in [4.69, 9.17) is 18.9 Å². The van der Waals surface area contributed by atoms with Gasteiger partial charge in [0.05, 0.1) is 12.2 Å². The second kappa shape index (κ2) is 13.3. The lowest BCUT2D eigenvalue weighted by Crippen LogP contribution is -2.40. The predicted octanol–water partition coefficient (Wildman–Crippen LogP) is 2.01. The molecule has 1 rings (SSSR count). The number of esters is 2. The first-order chi connectivity index (χ1) is 13.8. The molecule has 1 N–H and O–H groups in total. The molecule has 1 aliphatic rings. The number of carbonyl (C=O) groups is 3. The van der Waals surface area contributed by atoms with Crippen molar-refractivity contribution in [2.45, 2.75) is 64.7 Å². The van der Waals surface area contributed by atoms with E-state index in [0.717, 1.165) is 6.42 Å². The van der Waals surface area contributed by atoms with E-state index >= 15 is 0 Å². The highest BCUT2D eigenvalue weighted by Crippen LogP contribution is 2.17. The van der Waals surface area contributed by atoms with E-state index in [2.05, 4.69) is 5.32 Å². The topological polar surface area (TPSA) is 100 Å². The first kappa shape index (κ1) is 25.1. The van der Waals surface area contributed by atoms with Gasteiger partial charge in [0.15, 0.2) is 0 Å². The smallest absolute Gasteiger partial charge is 0.328 e. The molecule has 166 valence electrons. The highest BCUT2D eigenvalue weighted by Gasteiger charge is 2.23. The summed E-state index contributed by atoms with van der Waals surface area (Å²) in [6, 6.07) is -0.749. The third-order valence-electron chi connectivity index (χ3n) is 5.14. The van der Waals surface area contributed by atoms with Crippen LogP contribution in [0.5, 0.6) is 0 Å². The maximum Gasteiger partial charge on any atom is 0.328 e. The molecule has 0 unspecified atom stereocenters. The van der Waals surface area contributed by atoms with Gasteiger partial charge in [0, 0.05) is 33.0 Å². The molecule has 0 fully saturated rings. The molecule has 1 amide bonds. The Kier molecular flexibility index (Phi) is 11.5. The Labute approximate surface area is 173 Å². The summed E-state index contributed by atoms with van der Waals surface area (Å²) in [7, 11) is 3.12. The van der Waals surface area contributed by atoms with Crippen LogP contribution in [0, 0.1) is 11.8 Å². The summed E-state index contributed by atoms with van der Waals surface area (Å²) >= 11 is 0. The molecule has 0 aromatic rings. The van der Waals surface area contributed by atoms with Gasteiger partial charge in [-0.15, -0.1) is 0 Å².